The molecule has 0 aliphatic heterocycles. The molecule has 0 aromatic carbocycles. The number of hydrogen-bond acceptors (Lipinski definition) is 4. The van der Waals surface area contributed by atoms with Gasteiger partial charge in [-0.05, 0) is 0 Å². The molecule has 0 N–H and O–H groups in total. The molecule has 0 aliphatic carbocycles. The topological polar surface area (TPSA) is 80.3 Å². The van der Waals surface area contributed by atoms with E-state index in [2.05, 4.69) is 0 Å². The van der Waals surface area contributed by atoms with Crippen LogP contribution in [-0.4, -0.2) is 63.6 Å². The van der Waals surface area contributed by atoms with Crippen LogP contribution in [0.4, 0.5) is 0 Å². The second-order valence-corrected chi connectivity index (χ2v) is 1.22. The normalized spacial score (nSPS) is 7.25. The molecule has 0 bridgehead atoms. The summed E-state index contributed by atoms with van der Waals surface area (Å²) in [4.78, 5) is 0. The molecule has 0 aromatic heterocycles. The van der Waals surface area contributed by atoms with Crippen LogP contribution in [0.15, 0.2) is 0 Å². The van der Waals surface area contributed by atoms with Gasteiger partial charge >= 0.3 is 46.1 Å². The zero-order valence-electron chi connectivity index (χ0n) is 3.83. The quantitative estimate of drug-likeness (QED) is 0.203. The summed E-state index contributed by atoms with van der Waals surface area (Å²) in [5.41, 5.74) is 0. The smallest absolute Gasteiger partial charge is 1.00 e. The predicted octanol–water partition coefficient (Wildman–Crippen LogP) is -5.10. The Labute approximate surface area is 78.3 Å². The van der Waals surface area contributed by atoms with Crippen molar-refractivity contribution in [1.29, 1.82) is 0 Å². The molecule has 0 spiro atoms. The van der Waals surface area contributed by atoms with Crippen LogP contribution in [0.3, 0.4) is 0 Å². The minimum absolute atomic E-state index is 0. The first-order chi connectivity index (χ1) is 2.00. The van der Waals surface area contributed by atoms with E-state index in [9.17, 15) is 0 Å². The molecule has 0 saturated heterocycles. The first-order valence-corrected chi connectivity index (χ1v) is 2.00. The molecule has 0 heterocycles. The molecule has 0 aliphatic rings. The van der Waals surface area contributed by atoms with Crippen LogP contribution >= 0.6 is 0 Å². The third-order valence-corrected chi connectivity index (χ3v) is 0. The van der Waals surface area contributed by atoms with E-state index in [1.165, 1.54) is 0 Å². The number of halogens is 1. The fourth-order valence-corrected chi connectivity index (χ4v) is 0. The summed E-state index contributed by atoms with van der Waals surface area (Å²) >= 11 is 0. The zero-order valence-corrected chi connectivity index (χ0v) is 7.48. The van der Waals surface area contributed by atoms with Crippen molar-refractivity contribution in [2.45, 2.75) is 0 Å². The van der Waals surface area contributed by atoms with Crippen molar-refractivity contribution in [2.24, 2.45) is 0 Å². The molecule has 0 rings (SSSR count). The maximum atomic E-state index is 8.52. The third-order valence-electron chi connectivity index (χ3n) is 0. The molecule has 0 aromatic rings. The van der Waals surface area contributed by atoms with Gasteiger partial charge in [-0.15, -0.1) is 0 Å². The molecule has 0 atom stereocenters. The van der Waals surface area contributed by atoms with Gasteiger partial charge in [0.2, 0.25) is 0 Å². The second kappa shape index (κ2) is 8.33. The van der Waals surface area contributed by atoms with Gasteiger partial charge < -0.3 is 13.8 Å². The van der Waals surface area contributed by atoms with Crippen LogP contribution in [0.5, 0.6) is 0 Å². The van der Waals surface area contributed by atoms with E-state index in [4.69, 9.17) is 17.5 Å². The average Bonchev–Trinajstić information content (AvgIpc) is 0.722. The van der Waals surface area contributed by atoms with Crippen LogP contribution in [0.1, 0.15) is 0 Å². The van der Waals surface area contributed by atoms with E-state index in [1.807, 2.05) is 0 Å². The van der Waals surface area contributed by atoms with Gasteiger partial charge in [-0.25, -0.2) is 0 Å². The van der Waals surface area contributed by atoms with E-state index in [1.54, 1.807) is 0 Å². The van der Waals surface area contributed by atoms with Gasteiger partial charge in [0.05, 0.1) is 0 Å². The summed E-state index contributed by atoms with van der Waals surface area (Å²) in [6.45, 7) is 0. The largest absolute Gasteiger partial charge is 2.00 e. The van der Waals surface area contributed by atoms with Gasteiger partial charge in [0.15, 0.2) is 0 Å². The van der Waals surface area contributed by atoms with E-state index in [0.717, 1.165) is 0 Å². The SMILES string of the molecule is O=S(=O)([O-])[O-].[F-].[Mg+2].[Mg+2]. The maximum Gasteiger partial charge on any atom is 2.00 e. The van der Waals surface area contributed by atoms with Gasteiger partial charge in [0.25, 0.3) is 0 Å². The Bertz CT molecular complexity index is 97.2. The Balaban J connectivity index is -0.0000000267. The molecule has 4 nitrogen and oxygen atoms in total. The molecule has 8 heteroatoms. The van der Waals surface area contributed by atoms with Crippen LogP contribution < -0.4 is 4.70 Å². The van der Waals surface area contributed by atoms with Crippen LogP contribution in [0.2, 0.25) is 0 Å². The van der Waals surface area contributed by atoms with Gasteiger partial charge in [0, 0.05) is 10.4 Å². The summed E-state index contributed by atoms with van der Waals surface area (Å²) in [6, 6.07) is 0. The Hall–Kier alpha value is 1.33. The molecule has 0 radical (unpaired) electrons. The summed E-state index contributed by atoms with van der Waals surface area (Å²) < 4.78 is 34.1. The van der Waals surface area contributed by atoms with Crippen LogP contribution in [0, 0.1) is 0 Å². The standard InChI is InChI=1S/FH.2Mg.H2O4S/c;;;1-5(2,3)4/h1H;;;(H2,1,2,3,4)/q;2*+2;/p-3. The van der Waals surface area contributed by atoms with Crippen molar-refractivity contribution < 1.29 is 22.2 Å². The first-order valence-electron chi connectivity index (χ1n) is 0.667. The summed E-state index contributed by atoms with van der Waals surface area (Å²) in [5.74, 6) is 0. The van der Waals surface area contributed by atoms with Crippen molar-refractivity contribution in [1.82, 2.24) is 0 Å². The van der Waals surface area contributed by atoms with E-state index in [0.29, 0.717) is 0 Å². The van der Waals surface area contributed by atoms with Gasteiger partial charge in [0.1, 0.15) is 0 Å². The Kier molecular flexibility index (Phi) is 23.7. The van der Waals surface area contributed by atoms with Crippen molar-refractivity contribution >= 4 is 56.5 Å². The van der Waals surface area contributed by atoms with Crippen LogP contribution in [-0.2, 0) is 10.4 Å². The van der Waals surface area contributed by atoms with Crippen molar-refractivity contribution in [2.75, 3.05) is 0 Å². The van der Waals surface area contributed by atoms with Crippen molar-refractivity contribution in [3.05, 3.63) is 0 Å². The minimum Gasteiger partial charge on any atom is -1.00 e. The molecular weight excluding hydrogens is 164 g/mol. The Morgan fingerprint density at radius 3 is 1.00 bits per heavy atom. The van der Waals surface area contributed by atoms with Crippen LogP contribution in [0.25, 0.3) is 0 Å². The monoisotopic (exact) mass is 163 g/mol. The van der Waals surface area contributed by atoms with Crippen molar-refractivity contribution in [3.8, 4) is 0 Å². The molecule has 40 valence electrons. The molecule has 0 saturated carbocycles. The zero-order chi connectivity index (χ0) is 4.50. The molecule has 8 heavy (non-hydrogen) atoms. The summed E-state index contributed by atoms with van der Waals surface area (Å²) in [6.07, 6.45) is 0. The summed E-state index contributed by atoms with van der Waals surface area (Å²) in [5, 5.41) is 0. The number of rotatable bonds is 0. The Morgan fingerprint density at radius 1 is 1.00 bits per heavy atom. The van der Waals surface area contributed by atoms with E-state index < -0.39 is 10.4 Å². The molecule has 0 amide bonds. The average molecular weight is 164 g/mol. The maximum absolute atomic E-state index is 8.52. The van der Waals surface area contributed by atoms with E-state index >= 15 is 0 Å². The molecular formula is FMg2O4S+. The van der Waals surface area contributed by atoms with Gasteiger partial charge in [-0.1, -0.05) is 0 Å². The first kappa shape index (κ1) is 22.8. The number of hydrogen-bond donors (Lipinski definition) is 0. The van der Waals surface area contributed by atoms with Gasteiger partial charge in [-0.3, -0.25) is 8.42 Å². The van der Waals surface area contributed by atoms with Gasteiger partial charge in [-0.2, -0.15) is 0 Å². The summed E-state index contributed by atoms with van der Waals surface area (Å²) in [7, 11) is -5.17. The second-order valence-electron chi connectivity index (χ2n) is 0.408. The minimum atomic E-state index is -5.17. The van der Waals surface area contributed by atoms with E-state index in [-0.39, 0.29) is 50.8 Å². The fourth-order valence-electron chi connectivity index (χ4n) is 0. The fraction of sp³-hybridized carbons (Fsp3) is 0. The van der Waals surface area contributed by atoms with Crippen molar-refractivity contribution in [3.63, 3.8) is 0 Å². The molecule has 0 unspecified atom stereocenters. The predicted molar refractivity (Wildman–Crippen MR) is 22.0 cm³/mol. The Morgan fingerprint density at radius 2 is 1.00 bits per heavy atom. The third kappa shape index (κ3) is 166. The molecule has 0 fully saturated rings.